The second kappa shape index (κ2) is 11.2. The number of hydrogen-bond acceptors (Lipinski definition) is 6. The quantitative estimate of drug-likeness (QED) is 0.547. The molecule has 2 amide bonds. The minimum Gasteiger partial charge on any atom is -0.486 e. The number of sulfonamides is 1. The molecule has 2 saturated heterocycles. The van der Waals surface area contributed by atoms with E-state index in [-0.39, 0.29) is 30.3 Å². The standard InChI is InChI=1S/C27H35N3O6S/c1-19-9-10-20(2)24(13-19)27(32)29-15-25(35-4)26(16-29)36-23-8-5-7-22(14-23)17-37(33,34)30-12-6-11-28(18-30)21(3)31/h5,7-10,13-14,25-26H,6,11-12,15-18H2,1-4H3. The normalized spacial score (nSPS) is 20.8. The molecule has 0 aliphatic carbocycles. The molecule has 9 nitrogen and oxygen atoms in total. The molecule has 2 aliphatic heterocycles. The van der Waals surface area contributed by atoms with Crippen molar-refractivity contribution in [2.45, 2.75) is 45.2 Å². The van der Waals surface area contributed by atoms with E-state index in [1.54, 1.807) is 36.3 Å². The molecule has 2 atom stereocenters. The van der Waals surface area contributed by atoms with Crippen LogP contribution in [0.5, 0.6) is 5.75 Å². The Labute approximate surface area is 219 Å². The van der Waals surface area contributed by atoms with Crippen molar-refractivity contribution in [3.05, 3.63) is 64.7 Å². The van der Waals surface area contributed by atoms with Crippen LogP contribution in [0, 0.1) is 13.8 Å². The summed E-state index contributed by atoms with van der Waals surface area (Å²) in [5, 5.41) is 0. The molecule has 0 spiro atoms. The molecule has 0 saturated carbocycles. The van der Waals surface area contributed by atoms with Crippen LogP contribution in [0.3, 0.4) is 0 Å². The van der Waals surface area contributed by atoms with Gasteiger partial charge in [0.2, 0.25) is 15.9 Å². The number of methoxy groups -OCH3 is 1. The highest BCUT2D eigenvalue weighted by Crippen LogP contribution is 2.25. The highest BCUT2D eigenvalue weighted by atomic mass is 32.2. The molecular weight excluding hydrogens is 494 g/mol. The molecule has 200 valence electrons. The van der Waals surface area contributed by atoms with Gasteiger partial charge in [0.1, 0.15) is 18.0 Å². The fourth-order valence-corrected chi connectivity index (χ4v) is 6.33. The van der Waals surface area contributed by atoms with E-state index in [0.717, 1.165) is 11.1 Å². The number of rotatable bonds is 7. The Kier molecular flexibility index (Phi) is 8.20. The number of hydrogen-bond donors (Lipinski definition) is 0. The third-order valence-electron chi connectivity index (χ3n) is 6.97. The third-order valence-corrected chi connectivity index (χ3v) is 8.75. The zero-order valence-electron chi connectivity index (χ0n) is 21.8. The number of carbonyl (C=O) groups is 2. The molecule has 2 heterocycles. The van der Waals surface area contributed by atoms with Gasteiger partial charge in [0.25, 0.3) is 5.91 Å². The van der Waals surface area contributed by atoms with Crippen molar-refractivity contribution in [3.63, 3.8) is 0 Å². The van der Waals surface area contributed by atoms with Crippen LogP contribution in [0.2, 0.25) is 0 Å². The number of aryl methyl sites for hydroxylation is 2. The van der Waals surface area contributed by atoms with Gasteiger partial charge in [-0.05, 0) is 49.6 Å². The lowest BCUT2D eigenvalue weighted by Gasteiger charge is -2.34. The van der Waals surface area contributed by atoms with Crippen LogP contribution >= 0.6 is 0 Å². The largest absolute Gasteiger partial charge is 0.486 e. The Morgan fingerprint density at radius 3 is 2.49 bits per heavy atom. The van der Waals surface area contributed by atoms with Gasteiger partial charge < -0.3 is 19.3 Å². The van der Waals surface area contributed by atoms with E-state index < -0.39 is 16.1 Å². The second-order valence-corrected chi connectivity index (χ2v) is 11.8. The van der Waals surface area contributed by atoms with Crippen molar-refractivity contribution in [3.8, 4) is 5.75 Å². The summed E-state index contributed by atoms with van der Waals surface area (Å²) in [6.45, 7) is 7.14. The number of ether oxygens (including phenoxy) is 2. The molecule has 0 N–H and O–H groups in total. The maximum Gasteiger partial charge on any atom is 0.254 e. The molecule has 10 heteroatoms. The smallest absolute Gasteiger partial charge is 0.254 e. The summed E-state index contributed by atoms with van der Waals surface area (Å²) in [7, 11) is -2.02. The van der Waals surface area contributed by atoms with Crippen molar-refractivity contribution in [1.29, 1.82) is 0 Å². The maximum atomic E-state index is 13.2. The van der Waals surface area contributed by atoms with Crippen LogP contribution in [0.15, 0.2) is 42.5 Å². The number of carbonyl (C=O) groups excluding carboxylic acids is 2. The summed E-state index contributed by atoms with van der Waals surface area (Å²) in [5.41, 5.74) is 3.20. The lowest BCUT2D eigenvalue weighted by molar-refractivity contribution is -0.131. The summed E-state index contributed by atoms with van der Waals surface area (Å²) in [6, 6.07) is 12.8. The number of likely N-dealkylation sites (tertiary alicyclic amines) is 1. The summed E-state index contributed by atoms with van der Waals surface area (Å²) in [5.74, 6) is 0.135. The Balaban J connectivity index is 1.44. The zero-order valence-corrected chi connectivity index (χ0v) is 22.7. The van der Waals surface area contributed by atoms with E-state index in [9.17, 15) is 18.0 Å². The van der Waals surface area contributed by atoms with E-state index in [1.807, 2.05) is 32.0 Å². The molecule has 0 aromatic heterocycles. The molecule has 0 bridgehead atoms. The fourth-order valence-electron chi connectivity index (χ4n) is 4.83. The van der Waals surface area contributed by atoms with Crippen LogP contribution < -0.4 is 4.74 Å². The van der Waals surface area contributed by atoms with Gasteiger partial charge >= 0.3 is 0 Å². The average Bonchev–Trinajstić information content (AvgIpc) is 3.27. The number of benzene rings is 2. The van der Waals surface area contributed by atoms with Gasteiger partial charge in [0.05, 0.1) is 25.5 Å². The van der Waals surface area contributed by atoms with E-state index in [0.29, 0.717) is 49.5 Å². The molecule has 2 fully saturated rings. The molecule has 2 aromatic carbocycles. The van der Waals surface area contributed by atoms with Gasteiger partial charge in [-0.1, -0.05) is 29.8 Å². The average molecular weight is 530 g/mol. The van der Waals surface area contributed by atoms with Gasteiger partial charge in [0, 0.05) is 32.7 Å². The summed E-state index contributed by atoms with van der Waals surface area (Å²) in [6.07, 6.45) is -0.0937. The number of nitrogens with zero attached hydrogens (tertiary/aromatic N) is 3. The molecule has 4 rings (SSSR count). The van der Waals surface area contributed by atoms with Crippen molar-refractivity contribution in [2.75, 3.05) is 40.0 Å². The minimum atomic E-state index is -3.61. The zero-order chi connectivity index (χ0) is 26.7. The SMILES string of the molecule is COC1CN(C(=O)c2cc(C)ccc2C)CC1Oc1cccc(CS(=O)(=O)N2CCCN(C(C)=O)C2)c1. The first kappa shape index (κ1) is 27.1. The van der Waals surface area contributed by atoms with Crippen LogP contribution in [-0.4, -0.2) is 86.5 Å². The number of amides is 2. The van der Waals surface area contributed by atoms with Crippen molar-refractivity contribution in [2.24, 2.45) is 0 Å². The molecular formula is C27H35N3O6S. The first-order valence-corrected chi connectivity index (χ1v) is 14.1. The molecule has 2 aromatic rings. The van der Waals surface area contributed by atoms with Crippen molar-refractivity contribution >= 4 is 21.8 Å². The fraction of sp³-hybridized carbons (Fsp3) is 0.481. The highest BCUT2D eigenvalue weighted by Gasteiger charge is 2.38. The lowest BCUT2D eigenvalue weighted by atomic mass is 10.0. The van der Waals surface area contributed by atoms with Gasteiger partial charge in [0.15, 0.2) is 0 Å². The summed E-state index contributed by atoms with van der Waals surface area (Å²) < 4.78 is 39.3. The molecule has 2 aliphatic rings. The monoisotopic (exact) mass is 529 g/mol. The van der Waals surface area contributed by atoms with Crippen molar-refractivity contribution < 1.29 is 27.5 Å². The van der Waals surface area contributed by atoms with Crippen LogP contribution in [0.1, 0.15) is 40.4 Å². The maximum absolute atomic E-state index is 13.2. The molecule has 37 heavy (non-hydrogen) atoms. The Bertz CT molecular complexity index is 1260. The van der Waals surface area contributed by atoms with Gasteiger partial charge in [-0.3, -0.25) is 9.59 Å². The van der Waals surface area contributed by atoms with E-state index in [2.05, 4.69) is 0 Å². The van der Waals surface area contributed by atoms with Crippen LogP contribution in [0.4, 0.5) is 0 Å². The first-order valence-electron chi connectivity index (χ1n) is 12.5. The Hall–Kier alpha value is -2.95. The lowest BCUT2D eigenvalue weighted by Crippen LogP contribution is -2.49. The third kappa shape index (κ3) is 6.31. The minimum absolute atomic E-state index is 0.0599. The molecule has 2 unspecified atom stereocenters. The van der Waals surface area contributed by atoms with Crippen LogP contribution in [0.25, 0.3) is 0 Å². The van der Waals surface area contributed by atoms with Crippen LogP contribution in [-0.2, 0) is 25.3 Å². The predicted molar refractivity (Wildman–Crippen MR) is 140 cm³/mol. The highest BCUT2D eigenvalue weighted by molar-refractivity contribution is 7.88. The van der Waals surface area contributed by atoms with E-state index in [4.69, 9.17) is 9.47 Å². The van der Waals surface area contributed by atoms with E-state index >= 15 is 0 Å². The van der Waals surface area contributed by atoms with Gasteiger partial charge in [-0.2, -0.15) is 4.31 Å². The van der Waals surface area contributed by atoms with Gasteiger partial charge in [-0.25, -0.2) is 8.42 Å². The molecule has 0 radical (unpaired) electrons. The van der Waals surface area contributed by atoms with Gasteiger partial charge in [-0.15, -0.1) is 0 Å². The summed E-state index contributed by atoms with van der Waals surface area (Å²) in [4.78, 5) is 28.2. The Morgan fingerprint density at radius 1 is 1.00 bits per heavy atom. The topological polar surface area (TPSA) is 96.5 Å². The second-order valence-electron chi connectivity index (χ2n) is 9.82. The predicted octanol–water partition coefficient (Wildman–Crippen LogP) is 2.56. The summed E-state index contributed by atoms with van der Waals surface area (Å²) >= 11 is 0. The Morgan fingerprint density at radius 2 is 1.76 bits per heavy atom. The first-order chi connectivity index (χ1) is 17.6. The van der Waals surface area contributed by atoms with E-state index in [1.165, 1.54) is 16.1 Å². The van der Waals surface area contributed by atoms with Crippen molar-refractivity contribution in [1.82, 2.24) is 14.1 Å².